The maximum absolute atomic E-state index is 12.0. The van der Waals surface area contributed by atoms with Crippen LogP contribution in [0, 0.1) is 6.92 Å². The highest BCUT2D eigenvalue weighted by Gasteiger charge is 2.26. The summed E-state index contributed by atoms with van der Waals surface area (Å²) in [5.41, 5.74) is 1.90. The Morgan fingerprint density at radius 2 is 2.33 bits per heavy atom. The fourth-order valence-electron chi connectivity index (χ4n) is 1.99. The van der Waals surface area contributed by atoms with E-state index in [-0.39, 0.29) is 5.91 Å². The van der Waals surface area contributed by atoms with E-state index in [0.29, 0.717) is 11.8 Å². The number of carbonyl (C=O) groups excluding carboxylic acids is 1. The maximum atomic E-state index is 12.0. The van der Waals surface area contributed by atoms with Crippen LogP contribution >= 0.6 is 27.7 Å². The number of aryl methyl sites for hydroxylation is 1. The van der Waals surface area contributed by atoms with Crippen LogP contribution in [-0.2, 0) is 4.79 Å². The van der Waals surface area contributed by atoms with Crippen LogP contribution in [0.15, 0.2) is 34.2 Å². The number of anilines is 1. The highest BCUT2D eigenvalue weighted by atomic mass is 79.9. The van der Waals surface area contributed by atoms with Crippen molar-refractivity contribution in [1.29, 1.82) is 0 Å². The van der Waals surface area contributed by atoms with E-state index in [9.17, 15) is 4.79 Å². The lowest BCUT2D eigenvalue weighted by Gasteiger charge is -2.07. The van der Waals surface area contributed by atoms with E-state index in [2.05, 4.69) is 36.0 Å². The van der Waals surface area contributed by atoms with Gasteiger partial charge >= 0.3 is 0 Å². The van der Waals surface area contributed by atoms with Gasteiger partial charge in [0.25, 0.3) is 0 Å². The third kappa shape index (κ3) is 3.65. The molecule has 1 amide bonds. The fraction of sp³-hybridized carbons (Fsp3) is 0.357. The van der Waals surface area contributed by atoms with Gasteiger partial charge in [-0.15, -0.1) is 10.2 Å². The summed E-state index contributed by atoms with van der Waals surface area (Å²) in [5, 5.41) is 11.7. The second-order valence-electron chi connectivity index (χ2n) is 5.05. The molecule has 5 nitrogen and oxygen atoms in total. The Morgan fingerprint density at radius 1 is 1.52 bits per heavy atom. The van der Waals surface area contributed by atoms with Gasteiger partial charge in [-0.25, -0.2) is 0 Å². The molecule has 1 aliphatic rings. The van der Waals surface area contributed by atoms with Crippen LogP contribution in [0.1, 0.15) is 24.4 Å². The Kier molecular flexibility index (Phi) is 4.30. The summed E-state index contributed by atoms with van der Waals surface area (Å²) in [6.07, 6.45) is 4.10. The molecule has 21 heavy (non-hydrogen) atoms. The van der Waals surface area contributed by atoms with Crippen LogP contribution < -0.4 is 5.32 Å². The van der Waals surface area contributed by atoms with Crippen molar-refractivity contribution in [2.45, 2.75) is 31.0 Å². The Balaban J connectivity index is 1.56. The number of nitrogens with zero attached hydrogens (tertiary/aromatic N) is 3. The second-order valence-corrected chi connectivity index (χ2v) is 6.85. The molecule has 1 N–H and O–H groups in total. The van der Waals surface area contributed by atoms with Crippen molar-refractivity contribution < 1.29 is 4.79 Å². The number of hydrogen-bond acceptors (Lipinski definition) is 4. The predicted octanol–water partition coefficient (Wildman–Crippen LogP) is 3.41. The first-order valence-corrected chi connectivity index (χ1v) is 8.49. The van der Waals surface area contributed by atoms with Gasteiger partial charge in [0.05, 0.1) is 5.75 Å². The Morgan fingerprint density at radius 3 is 3.05 bits per heavy atom. The number of amides is 1. The molecule has 1 saturated carbocycles. The summed E-state index contributed by atoms with van der Waals surface area (Å²) in [7, 11) is 0. The molecular formula is C14H15BrN4OS. The van der Waals surface area contributed by atoms with Gasteiger partial charge in [-0.05, 0) is 43.5 Å². The third-order valence-corrected chi connectivity index (χ3v) is 5.10. The third-order valence-electron chi connectivity index (χ3n) is 3.25. The Labute approximate surface area is 135 Å². The number of aromatic nitrogens is 3. The highest BCUT2D eigenvalue weighted by molar-refractivity contribution is 9.10. The lowest BCUT2D eigenvalue weighted by Crippen LogP contribution is -2.14. The number of carbonyl (C=O) groups is 1. The van der Waals surface area contributed by atoms with Crippen molar-refractivity contribution in [1.82, 2.24) is 14.8 Å². The minimum Gasteiger partial charge on any atom is -0.325 e. The topological polar surface area (TPSA) is 59.8 Å². The SMILES string of the molecule is Cc1cc(NC(=O)CSc2nncn2C2CC2)ccc1Br. The van der Waals surface area contributed by atoms with Crippen LogP contribution in [0.5, 0.6) is 0 Å². The van der Waals surface area contributed by atoms with Crippen LogP contribution in [0.25, 0.3) is 0 Å². The average molecular weight is 367 g/mol. The Hall–Kier alpha value is -1.34. The molecule has 0 radical (unpaired) electrons. The van der Waals surface area contributed by atoms with Crippen molar-refractivity contribution in [2.75, 3.05) is 11.1 Å². The first-order chi connectivity index (χ1) is 10.1. The van der Waals surface area contributed by atoms with Gasteiger partial charge in [0.15, 0.2) is 5.16 Å². The normalized spacial score (nSPS) is 14.2. The molecule has 3 rings (SSSR count). The molecule has 0 saturated heterocycles. The van der Waals surface area contributed by atoms with Crippen LogP contribution in [0.3, 0.4) is 0 Å². The Bertz CT molecular complexity index is 669. The second kappa shape index (κ2) is 6.19. The molecule has 1 aromatic heterocycles. The van der Waals surface area contributed by atoms with E-state index in [1.807, 2.05) is 25.1 Å². The fourth-order valence-corrected chi connectivity index (χ4v) is 3.02. The molecular weight excluding hydrogens is 352 g/mol. The zero-order valence-corrected chi connectivity index (χ0v) is 13.9. The van der Waals surface area contributed by atoms with Gasteiger partial charge in [0, 0.05) is 16.2 Å². The molecule has 0 bridgehead atoms. The van der Waals surface area contributed by atoms with Crippen molar-refractivity contribution in [3.63, 3.8) is 0 Å². The summed E-state index contributed by atoms with van der Waals surface area (Å²) in [5.74, 6) is 0.299. The van der Waals surface area contributed by atoms with Crippen molar-refractivity contribution >= 4 is 39.3 Å². The minimum absolute atomic E-state index is 0.0351. The van der Waals surface area contributed by atoms with Gasteiger partial charge in [-0.2, -0.15) is 0 Å². The largest absolute Gasteiger partial charge is 0.325 e. The first-order valence-electron chi connectivity index (χ1n) is 6.72. The molecule has 0 atom stereocenters. The van der Waals surface area contributed by atoms with Crippen LogP contribution in [-0.4, -0.2) is 26.4 Å². The molecule has 110 valence electrons. The molecule has 2 aromatic rings. The molecule has 1 aliphatic carbocycles. The smallest absolute Gasteiger partial charge is 0.234 e. The average Bonchev–Trinajstić information content (AvgIpc) is 3.19. The quantitative estimate of drug-likeness (QED) is 0.823. The molecule has 0 spiro atoms. The monoisotopic (exact) mass is 366 g/mol. The molecule has 0 aliphatic heterocycles. The number of rotatable bonds is 5. The van der Waals surface area contributed by atoms with E-state index >= 15 is 0 Å². The first kappa shape index (κ1) is 14.6. The van der Waals surface area contributed by atoms with Crippen molar-refractivity contribution in [2.24, 2.45) is 0 Å². The van der Waals surface area contributed by atoms with Crippen molar-refractivity contribution in [3.8, 4) is 0 Å². The number of hydrogen-bond donors (Lipinski definition) is 1. The van der Waals surface area contributed by atoms with E-state index in [0.717, 1.165) is 20.9 Å². The van der Waals surface area contributed by atoms with Gasteiger partial charge < -0.3 is 9.88 Å². The lowest BCUT2D eigenvalue weighted by molar-refractivity contribution is -0.113. The summed E-state index contributed by atoms with van der Waals surface area (Å²) >= 11 is 4.87. The number of benzene rings is 1. The zero-order valence-electron chi connectivity index (χ0n) is 11.5. The number of thioether (sulfide) groups is 1. The zero-order chi connectivity index (χ0) is 14.8. The predicted molar refractivity (Wildman–Crippen MR) is 86.5 cm³/mol. The summed E-state index contributed by atoms with van der Waals surface area (Å²) < 4.78 is 3.09. The van der Waals surface area contributed by atoms with E-state index < -0.39 is 0 Å². The van der Waals surface area contributed by atoms with Crippen molar-refractivity contribution in [3.05, 3.63) is 34.6 Å². The van der Waals surface area contributed by atoms with Gasteiger partial charge in [0.1, 0.15) is 6.33 Å². The minimum atomic E-state index is -0.0351. The van der Waals surface area contributed by atoms with E-state index in [1.165, 1.54) is 24.6 Å². The molecule has 1 fully saturated rings. The molecule has 1 heterocycles. The number of nitrogens with one attached hydrogen (secondary N) is 1. The van der Waals surface area contributed by atoms with Gasteiger partial charge in [0.2, 0.25) is 5.91 Å². The maximum Gasteiger partial charge on any atom is 0.234 e. The van der Waals surface area contributed by atoms with Crippen LogP contribution in [0.2, 0.25) is 0 Å². The molecule has 1 aromatic carbocycles. The summed E-state index contributed by atoms with van der Waals surface area (Å²) in [4.78, 5) is 12.0. The van der Waals surface area contributed by atoms with Gasteiger partial charge in [-0.1, -0.05) is 27.7 Å². The summed E-state index contributed by atoms with van der Waals surface area (Å²) in [6.45, 7) is 1.99. The summed E-state index contributed by atoms with van der Waals surface area (Å²) in [6, 6.07) is 6.28. The lowest BCUT2D eigenvalue weighted by atomic mass is 10.2. The number of halogens is 1. The highest BCUT2D eigenvalue weighted by Crippen LogP contribution is 2.37. The van der Waals surface area contributed by atoms with Crippen LogP contribution in [0.4, 0.5) is 5.69 Å². The molecule has 0 unspecified atom stereocenters. The molecule has 7 heteroatoms. The van der Waals surface area contributed by atoms with E-state index in [4.69, 9.17) is 0 Å². The standard InChI is InChI=1S/C14H15BrN4OS/c1-9-6-10(2-5-12(9)15)17-13(20)7-21-14-18-16-8-19(14)11-3-4-11/h2,5-6,8,11H,3-4,7H2,1H3,(H,17,20). The van der Waals surface area contributed by atoms with E-state index in [1.54, 1.807) is 6.33 Å². The van der Waals surface area contributed by atoms with Gasteiger partial charge in [-0.3, -0.25) is 4.79 Å².